The molecule has 0 spiro atoms. The number of rotatable bonds is 6. The molecule has 142 valence electrons. The van der Waals surface area contributed by atoms with Gasteiger partial charge in [0.05, 0.1) is 14.2 Å². The number of nitrogens with zero attached hydrogens (tertiary/aromatic N) is 1. The Bertz CT molecular complexity index is 757. The Kier molecular flexibility index (Phi) is 9.11. The molecule has 2 rings (SSSR count). The molecule has 0 atom stereocenters. The average molecular weight is 477 g/mol. The maximum Gasteiger partial charge on any atom is 0.191 e. The molecule has 0 bridgehead atoms. The Hall–Kier alpha value is -2.10. The molecule has 0 saturated heterocycles. The summed E-state index contributed by atoms with van der Waals surface area (Å²) in [4.78, 5) is 4.07. The van der Waals surface area contributed by atoms with Crippen molar-refractivity contribution in [1.82, 2.24) is 10.6 Å². The maximum atomic E-state index is 13.6. The third-order valence-electron chi connectivity index (χ3n) is 3.59. The van der Waals surface area contributed by atoms with E-state index in [2.05, 4.69) is 15.6 Å². The monoisotopic (exact) mass is 477 g/mol. The minimum atomic E-state index is -0.480. The van der Waals surface area contributed by atoms with Crippen LogP contribution in [-0.2, 0) is 13.1 Å². The number of halogens is 3. The predicted octanol–water partition coefficient (Wildman–Crippen LogP) is 3.47. The second-order valence-corrected chi connectivity index (χ2v) is 5.20. The number of nitrogens with one attached hydrogen (secondary N) is 2. The van der Waals surface area contributed by atoms with E-state index in [-0.39, 0.29) is 36.1 Å². The summed E-state index contributed by atoms with van der Waals surface area (Å²) in [6, 6.07) is 8.91. The van der Waals surface area contributed by atoms with Crippen LogP contribution in [0.1, 0.15) is 11.1 Å². The van der Waals surface area contributed by atoms with Gasteiger partial charge in [-0.1, -0.05) is 6.07 Å². The summed E-state index contributed by atoms with van der Waals surface area (Å²) in [7, 11) is 4.75. The van der Waals surface area contributed by atoms with E-state index in [0.717, 1.165) is 23.8 Å². The second-order valence-electron chi connectivity index (χ2n) is 5.20. The fraction of sp³-hybridized carbons (Fsp3) is 0.278. The summed E-state index contributed by atoms with van der Waals surface area (Å²) < 4.78 is 37.3. The molecule has 0 saturated carbocycles. The Balaban J connectivity index is 0.00000338. The zero-order valence-corrected chi connectivity index (χ0v) is 17.1. The zero-order valence-electron chi connectivity index (χ0n) is 14.8. The average Bonchev–Trinajstić information content (AvgIpc) is 2.64. The van der Waals surface area contributed by atoms with Gasteiger partial charge in [0.25, 0.3) is 0 Å². The summed E-state index contributed by atoms with van der Waals surface area (Å²) in [6.45, 7) is 0.598. The molecule has 0 aliphatic carbocycles. The van der Waals surface area contributed by atoms with Crippen molar-refractivity contribution >= 4 is 29.9 Å². The van der Waals surface area contributed by atoms with Gasteiger partial charge in [-0.05, 0) is 35.9 Å². The van der Waals surface area contributed by atoms with Crippen molar-refractivity contribution in [1.29, 1.82) is 0 Å². The van der Waals surface area contributed by atoms with Crippen LogP contribution in [0.2, 0.25) is 0 Å². The van der Waals surface area contributed by atoms with E-state index in [1.807, 2.05) is 18.2 Å². The van der Waals surface area contributed by atoms with E-state index in [4.69, 9.17) is 9.47 Å². The Morgan fingerprint density at radius 2 is 1.65 bits per heavy atom. The lowest BCUT2D eigenvalue weighted by molar-refractivity contribution is 0.354. The lowest BCUT2D eigenvalue weighted by Gasteiger charge is -2.14. The largest absolute Gasteiger partial charge is 0.493 e. The minimum absolute atomic E-state index is 0. The van der Waals surface area contributed by atoms with Gasteiger partial charge >= 0.3 is 0 Å². The fourth-order valence-electron chi connectivity index (χ4n) is 2.25. The highest BCUT2D eigenvalue weighted by Gasteiger charge is 2.07. The topological polar surface area (TPSA) is 54.9 Å². The number of aliphatic imine (C=N–C) groups is 1. The number of ether oxygens (including phenoxy) is 2. The van der Waals surface area contributed by atoms with Crippen LogP contribution in [0.3, 0.4) is 0 Å². The van der Waals surface area contributed by atoms with Crippen molar-refractivity contribution in [2.24, 2.45) is 4.99 Å². The van der Waals surface area contributed by atoms with Gasteiger partial charge in [-0.15, -0.1) is 24.0 Å². The molecule has 0 heterocycles. The van der Waals surface area contributed by atoms with Crippen LogP contribution >= 0.6 is 24.0 Å². The van der Waals surface area contributed by atoms with Crippen LogP contribution in [0.4, 0.5) is 8.78 Å². The van der Waals surface area contributed by atoms with Gasteiger partial charge in [-0.3, -0.25) is 4.99 Å². The van der Waals surface area contributed by atoms with Gasteiger partial charge in [0, 0.05) is 25.7 Å². The molecule has 0 aliphatic heterocycles. The van der Waals surface area contributed by atoms with Crippen molar-refractivity contribution in [3.8, 4) is 11.5 Å². The third-order valence-corrected chi connectivity index (χ3v) is 3.59. The number of hydrogen-bond donors (Lipinski definition) is 2. The highest BCUT2D eigenvalue weighted by molar-refractivity contribution is 14.0. The lowest BCUT2D eigenvalue weighted by atomic mass is 10.2. The minimum Gasteiger partial charge on any atom is -0.493 e. The van der Waals surface area contributed by atoms with Crippen molar-refractivity contribution in [3.05, 3.63) is 59.2 Å². The first-order chi connectivity index (χ1) is 12.1. The molecule has 0 amide bonds. The molecule has 0 fully saturated rings. The van der Waals surface area contributed by atoms with Crippen molar-refractivity contribution in [2.75, 3.05) is 21.3 Å². The first-order valence-electron chi connectivity index (χ1n) is 7.66. The summed E-state index contributed by atoms with van der Waals surface area (Å²) in [5.74, 6) is 0.802. The normalized spacial score (nSPS) is 10.7. The third kappa shape index (κ3) is 6.01. The predicted molar refractivity (Wildman–Crippen MR) is 108 cm³/mol. The Morgan fingerprint density at radius 1 is 0.962 bits per heavy atom. The number of benzene rings is 2. The molecular formula is C18H22F2IN3O2. The second kappa shape index (κ2) is 10.8. The number of hydrogen-bond acceptors (Lipinski definition) is 3. The first kappa shape index (κ1) is 21.9. The van der Waals surface area contributed by atoms with Crippen LogP contribution in [0.5, 0.6) is 11.5 Å². The summed E-state index contributed by atoms with van der Waals surface area (Å²) in [6.07, 6.45) is 0. The van der Waals surface area contributed by atoms with E-state index in [0.29, 0.717) is 24.0 Å². The smallest absolute Gasteiger partial charge is 0.191 e. The van der Waals surface area contributed by atoms with Crippen molar-refractivity contribution in [2.45, 2.75) is 13.1 Å². The Labute approximate surface area is 168 Å². The highest BCUT2D eigenvalue weighted by atomic mass is 127. The van der Waals surface area contributed by atoms with Gasteiger partial charge in [0.1, 0.15) is 11.6 Å². The summed E-state index contributed by atoms with van der Waals surface area (Å²) in [5, 5.41) is 6.06. The quantitative estimate of drug-likeness (QED) is 0.380. The molecule has 0 aliphatic rings. The highest BCUT2D eigenvalue weighted by Crippen LogP contribution is 2.27. The zero-order chi connectivity index (χ0) is 18.2. The van der Waals surface area contributed by atoms with Crippen LogP contribution in [-0.4, -0.2) is 27.2 Å². The standard InChI is InChI=1S/C18H21F2N3O2.HI/c1-21-18(23-11-13-9-14(19)5-6-15(13)20)22-10-12-4-7-16(24-2)17(8-12)25-3;/h4-9H,10-11H2,1-3H3,(H2,21,22,23);1H. The van der Waals surface area contributed by atoms with Gasteiger partial charge in [-0.2, -0.15) is 0 Å². The van der Waals surface area contributed by atoms with Crippen LogP contribution in [0, 0.1) is 11.6 Å². The molecule has 2 aromatic rings. The fourth-order valence-corrected chi connectivity index (χ4v) is 2.25. The molecule has 2 aromatic carbocycles. The van der Waals surface area contributed by atoms with E-state index < -0.39 is 11.6 Å². The van der Waals surface area contributed by atoms with E-state index in [1.54, 1.807) is 21.3 Å². The van der Waals surface area contributed by atoms with Crippen LogP contribution in [0.25, 0.3) is 0 Å². The molecule has 0 unspecified atom stereocenters. The van der Waals surface area contributed by atoms with Crippen molar-refractivity contribution < 1.29 is 18.3 Å². The summed E-state index contributed by atoms with van der Waals surface area (Å²) in [5.41, 5.74) is 1.19. The van der Waals surface area contributed by atoms with Crippen LogP contribution in [0.15, 0.2) is 41.4 Å². The SMILES string of the molecule is CN=C(NCc1ccc(OC)c(OC)c1)NCc1cc(F)ccc1F.I. The molecule has 0 aromatic heterocycles. The van der Waals surface area contributed by atoms with Gasteiger partial charge in [-0.25, -0.2) is 8.78 Å². The van der Waals surface area contributed by atoms with E-state index in [9.17, 15) is 8.78 Å². The Morgan fingerprint density at radius 3 is 2.31 bits per heavy atom. The molecule has 2 N–H and O–H groups in total. The molecule has 0 radical (unpaired) electrons. The molecular weight excluding hydrogens is 455 g/mol. The maximum absolute atomic E-state index is 13.6. The molecule has 26 heavy (non-hydrogen) atoms. The van der Waals surface area contributed by atoms with Gasteiger partial charge in [0.15, 0.2) is 17.5 Å². The number of methoxy groups -OCH3 is 2. The summed E-state index contributed by atoms with van der Waals surface area (Å²) >= 11 is 0. The first-order valence-corrected chi connectivity index (χ1v) is 7.66. The lowest BCUT2D eigenvalue weighted by Crippen LogP contribution is -2.36. The molecule has 5 nitrogen and oxygen atoms in total. The molecule has 8 heteroatoms. The van der Waals surface area contributed by atoms with E-state index >= 15 is 0 Å². The van der Waals surface area contributed by atoms with Gasteiger partial charge < -0.3 is 20.1 Å². The van der Waals surface area contributed by atoms with Gasteiger partial charge in [0.2, 0.25) is 0 Å². The number of guanidine groups is 1. The van der Waals surface area contributed by atoms with Crippen molar-refractivity contribution in [3.63, 3.8) is 0 Å². The van der Waals surface area contributed by atoms with E-state index in [1.165, 1.54) is 0 Å². The van der Waals surface area contributed by atoms with Crippen LogP contribution < -0.4 is 20.1 Å².